The summed E-state index contributed by atoms with van der Waals surface area (Å²) in [4.78, 5) is 15.6. The molecule has 130 valence electrons. The van der Waals surface area contributed by atoms with E-state index in [1.807, 2.05) is 43.3 Å². The van der Waals surface area contributed by atoms with Gasteiger partial charge < -0.3 is 4.74 Å². The van der Waals surface area contributed by atoms with Crippen molar-refractivity contribution in [3.8, 4) is 5.75 Å². The van der Waals surface area contributed by atoms with Gasteiger partial charge in [0.2, 0.25) is 0 Å². The highest BCUT2D eigenvalue weighted by molar-refractivity contribution is 7.97. The van der Waals surface area contributed by atoms with E-state index in [2.05, 4.69) is 55.1 Å². The maximum absolute atomic E-state index is 11.9. The van der Waals surface area contributed by atoms with Gasteiger partial charge in [0.25, 0.3) is 0 Å². The van der Waals surface area contributed by atoms with Crippen molar-refractivity contribution in [1.82, 2.24) is 0 Å². The molecule has 0 bridgehead atoms. The van der Waals surface area contributed by atoms with Crippen LogP contribution < -0.4 is 4.74 Å². The number of hydrogen-bond acceptors (Lipinski definition) is 2. The first-order valence-electron chi connectivity index (χ1n) is 8.53. The molecule has 3 heteroatoms. The Morgan fingerprint density at radius 1 is 0.808 bits per heavy atom. The predicted molar refractivity (Wildman–Crippen MR) is 107 cm³/mol. The maximum atomic E-state index is 11.9. The van der Waals surface area contributed by atoms with Gasteiger partial charge in [-0.05, 0) is 55.0 Å². The Morgan fingerprint density at radius 3 is 1.73 bits per heavy atom. The van der Waals surface area contributed by atoms with Crippen LogP contribution in [-0.4, -0.2) is 5.97 Å². The molecule has 0 aliphatic carbocycles. The molecule has 0 saturated carbocycles. The first kappa shape index (κ1) is 18.0. The van der Waals surface area contributed by atoms with Crippen LogP contribution in [0.25, 0.3) is 0 Å². The Kier molecular flexibility index (Phi) is 5.92. The molecule has 0 heterocycles. The van der Waals surface area contributed by atoms with Crippen molar-refractivity contribution in [3.63, 3.8) is 0 Å². The number of carbonyl (C=O) groups is 1. The molecular weight excluding hydrogens is 340 g/mol. The van der Waals surface area contributed by atoms with Gasteiger partial charge in [-0.25, -0.2) is 4.79 Å². The average Bonchev–Trinajstić information content (AvgIpc) is 2.70. The summed E-state index contributed by atoms with van der Waals surface area (Å²) in [6.45, 7) is 5.61. The zero-order chi connectivity index (χ0) is 18.4. The summed E-state index contributed by atoms with van der Waals surface area (Å²) < 4.78 is 5.38. The Bertz CT molecular complexity index is 832. The van der Waals surface area contributed by atoms with Gasteiger partial charge in [-0.15, -0.1) is 0 Å². The minimum absolute atomic E-state index is 0.204. The topological polar surface area (TPSA) is 26.3 Å². The lowest BCUT2D eigenvalue weighted by atomic mass is 10.2. The zero-order valence-electron chi connectivity index (χ0n) is 14.7. The lowest BCUT2D eigenvalue weighted by Gasteiger charge is -2.09. The Hall–Kier alpha value is -2.78. The van der Waals surface area contributed by atoms with Crippen molar-refractivity contribution in [2.24, 2.45) is 0 Å². The highest BCUT2D eigenvalue weighted by atomic mass is 32.2. The van der Waals surface area contributed by atoms with Crippen LogP contribution in [0.3, 0.4) is 0 Å². The third kappa shape index (κ3) is 4.24. The van der Waals surface area contributed by atoms with Crippen molar-refractivity contribution >= 4 is 16.9 Å². The fourth-order valence-corrected chi connectivity index (χ4v) is 4.57. The molecule has 3 rings (SSSR count). The number of esters is 1. The van der Waals surface area contributed by atoms with Gasteiger partial charge in [0, 0.05) is 5.57 Å². The number of ether oxygens (including phenoxy) is 1. The number of carbonyl (C=O) groups excluding carboxylic acids is 1. The fraction of sp³-hybridized carbons (Fsp3) is 0.0870. The molecule has 0 fully saturated rings. The second-order valence-electron chi connectivity index (χ2n) is 5.75. The molecule has 0 N–H and O–H groups in total. The average molecular weight is 361 g/mol. The van der Waals surface area contributed by atoms with E-state index >= 15 is 0 Å². The highest BCUT2D eigenvalue weighted by Crippen LogP contribution is 2.31. The molecule has 3 aromatic carbocycles. The second kappa shape index (κ2) is 8.54. The van der Waals surface area contributed by atoms with Crippen LogP contribution in [0.15, 0.2) is 112 Å². The van der Waals surface area contributed by atoms with Gasteiger partial charge in [0.15, 0.2) is 14.7 Å². The summed E-state index contributed by atoms with van der Waals surface area (Å²) in [6, 6.07) is 28.6. The molecule has 0 aliphatic heterocycles. The first-order chi connectivity index (χ1) is 12.7. The third-order valence-corrected chi connectivity index (χ3v) is 6.17. The van der Waals surface area contributed by atoms with E-state index in [0.717, 1.165) is 0 Å². The Morgan fingerprint density at radius 2 is 1.27 bits per heavy atom. The molecule has 2 nitrogen and oxygen atoms in total. The number of rotatable bonds is 6. The molecule has 0 saturated heterocycles. The van der Waals surface area contributed by atoms with E-state index in [9.17, 15) is 4.79 Å². The molecule has 0 radical (unpaired) electrons. The monoisotopic (exact) mass is 361 g/mol. The summed E-state index contributed by atoms with van der Waals surface area (Å²) >= 11 is 0. The molecule has 3 aromatic rings. The van der Waals surface area contributed by atoms with Crippen molar-refractivity contribution in [2.45, 2.75) is 28.0 Å². The van der Waals surface area contributed by atoms with Crippen molar-refractivity contribution in [1.29, 1.82) is 0 Å². The molecular formula is C23H21O2S+. The van der Waals surface area contributed by atoms with E-state index in [-0.39, 0.29) is 16.9 Å². The van der Waals surface area contributed by atoms with E-state index in [1.165, 1.54) is 14.7 Å². The van der Waals surface area contributed by atoms with Crippen LogP contribution >= 0.6 is 0 Å². The summed E-state index contributed by atoms with van der Waals surface area (Å²) in [5.74, 6) is 0.170. The molecule has 0 unspecified atom stereocenters. The first-order valence-corrected chi connectivity index (χ1v) is 9.76. The molecule has 0 atom stereocenters. The van der Waals surface area contributed by atoms with Gasteiger partial charge in [0.1, 0.15) is 5.75 Å². The molecule has 0 spiro atoms. The van der Waals surface area contributed by atoms with Crippen molar-refractivity contribution in [3.05, 3.63) is 97.1 Å². The quantitative estimate of drug-likeness (QED) is 0.245. The largest absolute Gasteiger partial charge is 0.423 e. The zero-order valence-corrected chi connectivity index (χ0v) is 15.5. The van der Waals surface area contributed by atoms with E-state index in [0.29, 0.717) is 17.7 Å². The normalized spacial score (nSPS) is 10.5. The third-order valence-electron chi connectivity index (χ3n) is 3.94. The van der Waals surface area contributed by atoms with Crippen LogP contribution in [0, 0.1) is 0 Å². The van der Waals surface area contributed by atoms with Gasteiger partial charge in [-0.3, -0.25) is 0 Å². The summed E-state index contributed by atoms with van der Waals surface area (Å²) in [7, 11) is -0.204. The van der Waals surface area contributed by atoms with Crippen molar-refractivity contribution in [2.75, 3.05) is 0 Å². The highest BCUT2D eigenvalue weighted by Gasteiger charge is 2.28. The van der Waals surface area contributed by atoms with Crippen LogP contribution in [0.5, 0.6) is 5.75 Å². The van der Waals surface area contributed by atoms with Crippen LogP contribution in [0.1, 0.15) is 13.3 Å². The Balaban J connectivity index is 1.91. The summed E-state index contributed by atoms with van der Waals surface area (Å²) in [5, 5.41) is 0. The van der Waals surface area contributed by atoms with Crippen LogP contribution in [0.4, 0.5) is 0 Å². The van der Waals surface area contributed by atoms with Crippen molar-refractivity contribution < 1.29 is 9.53 Å². The van der Waals surface area contributed by atoms with E-state index < -0.39 is 0 Å². The standard InChI is InChI=1S/C23H21O2S/c1-3-18(2)23(24)25-19-14-16-22(17-15-19)26(20-10-6-4-7-11-20)21-12-8-5-9-13-21/h4-17H,2-3H2,1H3/q+1. The van der Waals surface area contributed by atoms with Crippen LogP contribution in [0.2, 0.25) is 0 Å². The van der Waals surface area contributed by atoms with Crippen LogP contribution in [-0.2, 0) is 15.7 Å². The minimum Gasteiger partial charge on any atom is -0.423 e. The molecule has 0 amide bonds. The number of hydrogen-bond donors (Lipinski definition) is 0. The second-order valence-corrected chi connectivity index (χ2v) is 7.78. The minimum atomic E-state index is -0.370. The lowest BCUT2D eigenvalue weighted by molar-refractivity contribution is -0.130. The molecule has 0 aliphatic rings. The van der Waals surface area contributed by atoms with E-state index in [1.54, 1.807) is 0 Å². The van der Waals surface area contributed by atoms with E-state index in [4.69, 9.17) is 4.74 Å². The fourth-order valence-electron chi connectivity index (χ4n) is 2.49. The number of benzene rings is 3. The van der Waals surface area contributed by atoms with Gasteiger partial charge in [-0.1, -0.05) is 49.9 Å². The Labute approximate surface area is 157 Å². The van der Waals surface area contributed by atoms with Gasteiger partial charge in [0.05, 0.1) is 10.9 Å². The summed E-state index contributed by atoms with van der Waals surface area (Å²) in [5.41, 5.74) is 0.474. The molecule has 26 heavy (non-hydrogen) atoms. The van der Waals surface area contributed by atoms with Gasteiger partial charge in [-0.2, -0.15) is 0 Å². The lowest BCUT2D eigenvalue weighted by Crippen LogP contribution is -2.10. The summed E-state index contributed by atoms with van der Waals surface area (Å²) in [6.07, 6.45) is 0.586. The smallest absolute Gasteiger partial charge is 0.338 e. The van der Waals surface area contributed by atoms with Gasteiger partial charge >= 0.3 is 5.97 Å². The SMILES string of the molecule is C=C(CC)C(=O)Oc1ccc([S+](c2ccccc2)c2ccccc2)cc1. The predicted octanol–water partition coefficient (Wildman–Crippen LogP) is 5.65. The molecule has 0 aromatic heterocycles. The maximum Gasteiger partial charge on any atom is 0.338 e.